The van der Waals surface area contributed by atoms with E-state index in [0.717, 1.165) is 32.9 Å². The van der Waals surface area contributed by atoms with Gasteiger partial charge in [-0.05, 0) is 35.7 Å². The third kappa shape index (κ3) is 4.25. The quantitative estimate of drug-likeness (QED) is 0.304. The number of thioether (sulfide) groups is 1. The molecule has 0 N–H and O–H groups in total. The van der Waals surface area contributed by atoms with Gasteiger partial charge >= 0.3 is 0 Å². The van der Waals surface area contributed by atoms with E-state index in [1.54, 1.807) is 24.7 Å². The van der Waals surface area contributed by atoms with Crippen LogP contribution >= 0.6 is 23.1 Å². The Kier molecular flexibility index (Phi) is 5.55. The van der Waals surface area contributed by atoms with Crippen molar-refractivity contribution in [3.63, 3.8) is 0 Å². The lowest BCUT2D eigenvalue weighted by Crippen LogP contribution is -2.03. The molecule has 0 spiro atoms. The zero-order valence-electron chi connectivity index (χ0n) is 16.5. The summed E-state index contributed by atoms with van der Waals surface area (Å²) in [6.07, 6.45) is 1.66. The fourth-order valence-electron chi connectivity index (χ4n) is 3.02. The van der Waals surface area contributed by atoms with Crippen LogP contribution in [0, 0.1) is 0 Å². The number of thiophene rings is 1. The standard InChI is InChI=1S/C21H17N5O3S2/c1-27-15-6-2-5-14(11-15)20-23-24-21(26(20)12-16-7-3-9-28-16)31-13-18-22-19(25-29-18)17-8-4-10-30-17/h2-11H,12-13H2,1H3. The van der Waals surface area contributed by atoms with Crippen molar-refractivity contribution in [1.29, 1.82) is 0 Å². The molecular weight excluding hydrogens is 434 g/mol. The van der Waals surface area contributed by atoms with Crippen LogP contribution in [0.4, 0.5) is 0 Å². The Morgan fingerprint density at radius 2 is 2.10 bits per heavy atom. The largest absolute Gasteiger partial charge is 0.497 e. The summed E-state index contributed by atoms with van der Waals surface area (Å²) >= 11 is 3.05. The van der Waals surface area contributed by atoms with Crippen LogP contribution in [0.3, 0.4) is 0 Å². The Morgan fingerprint density at radius 3 is 2.90 bits per heavy atom. The third-order valence-electron chi connectivity index (χ3n) is 4.47. The second kappa shape index (κ2) is 8.78. The number of hydrogen-bond donors (Lipinski definition) is 0. The van der Waals surface area contributed by atoms with Crippen molar-refractivity contribution in [1.82, 2.24) is 24.9 Å². The molecule has 0 saturated heterocycles. The fourth-order valence-corrected chi connectivity index (χ4v) is 4.44. The van der Waals surface area contributed by atoms with Crippen molar-refractivity contribution >= 4 is 23.1 Å². The topological polar surface area (TPSA) is 92.0 Å². The second-order valence-corrected chi connectivity index (χ2v) is 8.37. The molecule has 0 radical (unpaired) electrons. The molecule has 8 nitrogen and oxygen atoms in total. The lowest BCUT2D eigenvalue weighted by Gasteiger charge is -2.09. The predicted octanol–water partition coefficient (Wildman–Crippen LogP) is 5.00. The first kappa shape index (κ1) is 19.6. The molecule has 4 heterocycles. The van der Waals surface area contributed by atoms with Gasteiger partial charge in [0.25, 0.3) is 0 Å². The number of hydrogen-bond acceptors (Lipinski definition) is 9. The minimum Gasteiger partial charge on any atom is -0.497 e. The highest BCUT2D eigenvalue weighted by Gasteiger charge is 2.18. The van der Waals surface area contributed by atoms with E-state index in [1.807, 2.05) is 58.5 Å². The van der Waals surface area contributed by atoms with Crippen molar-refractivity contribution in [3.8, 4) is 27.8 Å². The van der Waals surface area contributed by atoms with Gasteiger partial charge in [0, 0.05) is 5.56 Å². The predicted molar refractivity (Wildman–Crippen MR) is 117 cm³/mol. The van der Waals surface area contributed by atoms with Gasteiger partial charge in [-0.25, -0.2) is 0 Å². The van der Waals surface area contributed by atoms with E-state index >= 15 is 0 Å². The van der Waals surface area contributed by atoms with Crippen LogP contribution in [0.5, 0.6) is 5.75 Å². The van der Waals surface area contributed by atoms with Crippen LogP contribution in [0.2, 0.25) is 0 Å². The molecule has 156 valence electrons. The van der Waals surface area contributed by atoms with Gasteiger partial charge in [-0.3, -0.25) is 4.57 Å². The maximum absolute atomic E-state index is 5.55. The van der Waals surface area contributed by atoms with E-state index in [4.69, 9.17) is 13.7 Å². The molecule has 1 aromatic carbocycles. The number of ether oxygens (including phenoxy) is 1. The number of aromatic nitrogens is 5. The summed E-state index contributed by atoms with van der Waals surface area (Å²) in [5, 5.41) is 15.6. The molecule has 31 heavy (non-hydrogen) atoms. The molecule has 10 heteroatoms. The van der Waals surface area contributed by atoms with Crippen molar-refractivity contribution in [3.05, 3.63) is 71.8 Å². The number of rotatable bonds is 8. The monoisotopic (exact) mass is 451 g/mol. The van der Waals surface area contributed by atoms with Gasteiger partial charge in [-0.15, -0.1) is 21.5 Å². The molecule has 0 aliphatic carbocycles. The van der Waals surface area contributed by atoms with Gasteiger partial charge in [0.1, 0.15) is 11.5 Å². The van der Waals surface area contributed by atoms with Crippen LogP contribution in [0.15, 0.2) is 74.3 Å². The Balaban J connectivity index is 1.42. The van der Waals surface area contributed by atoms with Crippen molar-refractivity contribution in [2.45, 2.75) is 17.5 Å². The fraction of sp³-hybridized carbons (Fsp3) is 0.143. The van der Waals surface area contributed by atoms with Crippen molar-refractivity contribution in [2.24, 2.45) is 0 Å². The third-order valence-corrected chi connectivity index (χ3v) is 6.29. The first-order valence-corrected chi connectivity index (χ1v) is 11.3. The minimum absolute atomic E-state index is 0.479. The van der Waals surface area contributed by atoms with Crippen molar-refractivity contribution in [2.75, 3.05) is 7.11 Å². The molecule has 0 aliphatic heterocycles. The Morgan fingerprint density at radius 1 is 1.13 bits per heavy atom. The SMILES string of the molecule is COc1cccc(-c2nnc(SCc3nc(-c4cccs4)no3)n2Cc2ccco2)c1. The molecule has 4 aromatic heterocycles. The van der Waals surface area contributed by atoms with E-state index in [-0.39, 0.29) is 0 Å². The van der Waals surface area contributed by atoms with Crippen LogP contribution in [0.25, 0.3) is 22.1 Å². The van der Waals surface area contributed by atoms with Gasteiger partial charge in [-0.2, -0.15) is 4.98 Å². The highest BCUT2D eigenvalue weighted by molar-refractivity contribution is 7.98. The number of furan rings is 1. The van der Waals surface area contributed by atoms with Crippen molar-refractivity contribution < 1.29 is 13.7 Å². The maximum atomic E-state index is 5.55. The smallest absolute Gasteiger partial charge is 0.237 e. The summed E-state index contributed by atoms with van der Waals surface area (Å²) in [6, 6.07) is 15.4. The van der Waals surface area contributed by atoms with Crippen LogP contribution in [-0.2, 0) is 12.3 Å². The zero-order chi connectivity index (χ0) is 21.0. The molecule has 5 aromatic rings. The summed E-state index contributed by atoms with van der Waals surface area (Å²) in [4.78, 5) is 5.45. The van der Waals surface area contributed by atoms with E-state index in [9.17, 15) is 0 Å². The number of methoxy groups -OCH3 is 1. The molecule has 0 atom stereocenters. The average Bonchev–Trinajstić information content (AvgIpc) is 3.60. The van der Waals surface area contributed by atoms with E-state index in [2.05, 4.69) is 20.3 Å². The lowest BCUT2D eigenvalue weighted by atomic mass is 10.2. The molecule has 0 saturated carbocycles. The maximum Gasteiger partial charge on any atom is 0.237 e. The lowest BCUT2D eigenvalue weighted by molar-refractivity contribution is 0.391. The van der Waals surface area contributed by atoms with Gasteiger partial charge in [0.15, 0.2) is 11.0 Å². The average molecular weight is 452 g/mol. The number of nitrogens with zero attached hydrogens (tertiary/aromatic N) is 5. The minimum atomic E-state index is 0.479. The molecule has 0 amide bonds. The summed E-state index contributed by atoms with van der Waals surface area (Å²) < 4.78 is 18.3. The highest BCUT2D eigenvalue weighted by atomic mass is 32.2. The molecule has 5 rings (SSSR count). The van der Waals surface area contributed by atoms with E-state index in [0.29, 0.717) is 24.0 Å². The summed E-state index contributed by atoms with van der Waals surface area (Å²) in [7, 11) is 1.64. The Labute approximate surface area is 185 Å². The van der Waals surface area contributed by atoms with Gasteiger partial charge in [-0.1, -0.05) is 35.1 Å². The van der Waals surface area contributed by atoms with Crippen LogP contribution < -0.4 is 4.74 Å². The zero-order valence-corrected chi connectivity index (χ0v) is 18.1. The Bertz CT molecular complexity index is 1260. The first-order chi connectivity index (χ1) is 15.3. The summed E-state index contributed by atoms with van der Waals surface area (Å²) in [5.74, 6) is 3.90. The van der Waals surface area contributed by atoms with Gasteiger partial charge in [0.05, 0.1) is 30.5 Å². The van der Waals surface area contributed by atoms with E-state index in [1.165, 1.54) is 11.8 Å². The number of benzene rings is 1. The molecular formula is C21H17N5O3S2. The normalized spacial score (nSPS) is 11.1. The molecule has 0 aliphatic rings. The second-order valence-electron chi connectivity index (χ2n) is 6.48. The van der Waals surface area contributed by atoms with Gasteiger partial charge in [0.2, 0.25) is 11.7 Å². The summed E-state index contributed by atoms with van der Waals surface area (Å²) in [6.45, 7) is 0.499. The summed E-state index contributed by atoms with van der Waals surface area (Å²) in [5.41, 5.74) is 0.906. The molecule has 0 fully saturated rings. The van der Waals surface area contributed by atoms with Crippen LogP contribution in [0.1, 0.15) is 11.7 Å². The first-order valence-electron chi connectivity index (χ1n) is 9.39. The molecule has 0 bridgehead atoms. The van der Waals surface area contributed by atoms with Crippen LogP contribution in [-0.4, -0.2) is 32.0 Å². The molecule has 0 unspecified atom stereocenters. The van der Waals surface area contributed by atoms with E-state index < -0.39 is 0 Å². The highest BCUT2D eigenvalue weighted by Crippen LogP contribution is 2.29. The van der Waals surface area contributed by atoms with Gasteiger partial charge < -0.3 is 13.7 Å². The Hall–Kier alpha value is -3.37.